The Bertz CT molecular complexity index is 548. The Morgan fingerprint density at radius 3 is 2.60 bits per heavy atom. The van der Waals surface area contributed by atoms with Gasteiger partial charge in [0.2, 0.25) is 11.8 Å². The second-order valence-electron chi connectivity index (χ2n) is 4.92. The van der Waals surface area contributed by atoms with Gasteiger partial charge in [0, 0.05) is 16.6 Å². The predicted molar refractivity (Wildman–Crippen MR) is 78.9 cm³/mol. The van der Waals surface area contributed by atoms with E-state index in [4.69, 9.17) is 23.2 Å². The summed E-state index contributed by atoms with van der Waals surface area (Å²) >= 11 is 12.0. The third-order valence-electron chi connectivity index (χ3n) is 3.50. The molecule has 0 saturated carbocycles. The Kier molecular flexibility index (Phi) is 4.55. The molecule has 1 N–H and O–H groups in total. The number of piperazine rings is 1. The molecule has 20 heavy (non-hydrogen) atoms. The maximum Gasteiger partial charge on any atom is 0.245 e. The van der Waals surface area contributed by atoms with Crippen LogP contribution in [-0.4, -0.2) is 35.3 Å². The van der Waals surface area contributed by atoms with Crippen molar-refractivity contribution in [1.82, 2.24) is 10.2 Å². The quantitative estimate of drug-likeness (QED) is 0.930. The van der Waals surface area contributed by atoms with Crippen molar-refractivity contribution in [1.29, 1.82) is 0 Å². The van der Waals surface area contributed by atoms with Gasteiger partial charge >= 0.3 is 0 Å². The molecule has 6 heteroatoms. The zero-order chi connectivity index (χ0) is 14.9. The van der Waals surface area contributed by atoms with Gasteiger partial charge in [-0.15, -0.1) is 0 Å². The van der Waals surface area contributed by atoms with Gasteiger partial charge in [0.25, 0.3) is 0 Å². The smallest absolute Gasteiger partial charge is 0.245 e. The Labute approximate surface area is 128 Å². The van der Waals surface area contributed by atoms with Gasteiger partial charge in [-0.05, 0) is 38.0 Å². The van der Waals surface area contributed by atoms with Crippen LogP contribution in [-0.2, 0) is 16.0 Å². The molecule has 1 aromatic rings. The number of hydrogen-bond donors (Lipinski definition) is 1. The summed E-state index contributed by atoms with van der Waals surface area (Å²) in [6.45, 7) is 3.87. The lowest BCUT2D eigenvalue weighted by atomic mass is 10.1. The van der Waals surface area contributed by atoms with Gasteiger partial charge in [0.1, 0.15) is 12.1 Å². The number of halogens is 2. The summed E-state index contributed by atoms with van der Waals surface area (Å²) in [5, 5.41) is 3.81. The highest BCUT2D eigenvalue weighted by Gasteiger charge is 2.35. The molecular weight excluding hydrogens is 299 g/mol. The molecule has 0 aliphatic carbocycles. The third-order valence-corrected chi connectivity index (χ3v) is 4.08. The summed E-state index contributed by atoms with van der Waals surface area (Å²) in [5.41, 5.74) is 0.912. The van der Waals surface area contributed by atoms with Crippen molar-refractivity contribution >= 4 is 35.0 Å². The zero-order valence-corrected chi connectivity index (χ0v) is 12.8. The number of benzene rings is 1. The molecule has 0 spiro atoms. The van der Waals surface area contributed by atoms with E-state index in [1.165, 1.54) is 0 Å². The second kappa shape index (κ2) is 6.02. The number of nitrogens with zero attached hydrogens (tertiary/aromatic N) is 1. The van der Waals surface area contributed by atoms with E-state index in [1.807, 2.05) is 6.07 Å². The maximum atomic E-state index is 12.1. The van der Waals surface area contributed by atoms with Gasteiger partial charge in [0.05, 0.1) is 0 Å². The summed E-state index contributed by atoms with van der Waals surface area (Å²) in [5.74, 6) is -0.193. The van der Waals surface area contributed by atoms with Crippen molar-refractivity contribution < 1.29 is 9.59 Å². The molecule has 0 radical (unpaired) electrons. The molecule has 4 nitrogen and oxygen atoms in total. The van der Waals surface area contributed by atoms with Crippen LogP contribution in [0.2, 0.25) is 10.0 Å². The van der Waals surface area contributed by atoms with E-state index in [1.54, 1.807) is 30.9 Å². The van der Waals surface area contributed by atoms with Crippen LogP contribution in [0.15, 0.2) is 18.2 Å². The van der Waals surface area contributed by atoms with Gasteiger partial charge in [-0.2, -0.15) is 0 Å². The Balaban J connectivity index is 2.08. The predicted octanol–water partition coefficient (Wildman–Crippen LogP) is 2.27. The Hall–Kier alpha value is -1.26. The Morgan fingerprint density at radius 2 is 1.95 bits per heavy atom. The minimum atomic E-state index is -0.473. The van der Waals surface area contributed by atoms with Crippen molar-refractivity contribution in [3.05, 3.63) is 33.8 Å². The fourth-order valence-electron chi connectivity index (χ4n) is 2.25. The summed E-state index contributed by atoms with van der Waals surface area (Å²) < 4.78 is 0. The number of rotatable bonds is 3. The summed E-state index contributed by atoms with van der Waals surface area (Å²) in [6.07, 6.45) is 0.589. The summed E-state index contributed by atoms with van der Waals surface area (Å²) in [6, 6.07) is 4.35. The molecule has 1 aliphatic heterocycles. The molecule has 108 valence electrons. The molecule has 2 unspecified atom stereocenters. The van der Waals surface area contributed by atoms with Crippen LogP contribution in [0.5, 0.6) is 0 Å². The molecule has 1 saturated heterocycles. The summed E-state index contributed by atoms with van der Waals surface area (Å²) in [4.78, 5) is 25.4. The normalized spacial score (nSPS) is 22.9. The number of nitrogens with one attached hydrogen (secondary N) is 1. The van der Waals surface area contributed by atoms with E-state index in [0.29, 0.717) is 23.0 Å². The minimum absolute atomic E-state index is 0.0674. The van der Waals surface area contributed by atoms with Crippen molar-refractivity contribution in [3.8, 4) is 0 Å². The van der Waals surface area contributed by atoms with Crippen LogP contribution in [0.3, 0.4) is 0 Å². The first-order valence-corrected chi connectivity index (χ1v) is 7.20. The first-order chi connectivity index (χ1) is 9.40. The first kappa shape index (κ1) is 15.1. The average Bonchev–Trinajstić information content (AvgIpc) is 2.38. The lowest BCUT2D eigenvalue weighted by Crippen LogP contribution is -2.61. The molecule has 2 amide bonds. The van der Waals surface area contributed by atoms with Crippen LogP contribution in [0.4, 0.5) is 0 Å². The molecule has 1 fully saturated rings. The fraction of sp³-hybridized carbons (Fsp3) is 0.429. The van der Waals surface area contributed by atoms with Crippen LogP contribution in [0.1, 0.15) is 19.4 Å². The molecular formula is C14H16Cl2N2O2. The largest absolute Gasteiger partial charge is 0.343 e. The van der Waals surface area contributed by atoms with Crippen LogP contribution in [0, 0.1) is 0 Å². The molecule has 0 bridgehead atoms. The van der Waals surface area contributed by atoms with Crippen LogP contribution in [0.25, 0.3) is 0 Å². The van der Waals surface area contributed by atoms with E-state index in [0.717, 1.165) is 5.56 Å². The van der Waals surface area contributed by atoms with E-state index in [-0.39, 0.29) is 11.8 Å². The van der Waals surface area contributed by atoms with Gasteiger partial charge in [-0.1, -0.05) is 29.3 Å². The Morgan fingerprint density at radius 1 is 1.25 bits per heavy atom. The second-order valence-corrected chi connectivity index (χ2v) is 5.77. The highest BCUT2D eigenvalue weighted by molar-refractivity contribution is 6.35. The lowest BCUT2D eigenvalue weighted by Gasteiger charge is -2.36. The first-order valence-electron chi connectivity index (χ1n) is 6.45. The SMILES string of the molecule is CC1NC(=O)C(C)N(CCc2ccc(Cl)cc2Cl)C1=O. The molecule has 2 rings (SSSR count). The highest BCUT2D eigenvalue weighted by Crippen LogP contribution is 2.22. The average molecular weight is 315 g/mol. The van der Waals surface area contributed by atoms with Gasteiger partial charge in [-0.3, -0.25) is 9.59 Å². The van der Waals surface area contributed by atoms with Gasteiger partial charge in [0.15, 0.2) is 0 Å². The molecule has 2 atom stereocenters. The van der Waals surface area contributed by atoms with E-state index in [2.05, 4.69) is 5.32 Å². The molecule has 1 aliphatic rings. The van der Waals surface area contributed by atoms with Crippen molar-refractivity contribution in [2.45, 2.75) is 32.4 Å². The minimum Gasteiger partial charge on any atom is -0.343 e. The lowest BCUT2D eigenvalue weighted by molar-refractivity contribution is -0.148. The number of amides is 2. The topological polar surface area (TPSA) is 49.4 Å². The standard InChI is InChI=1S/C14H16Cl2N2O2/c1-8-14(20)18(9(2)13(19)17-8)6-5-10-3-4-11(15)7-12(10)16/h3-4,7-9H,5-6H2,1-2H3,(H,17,19). The van der Waals surface area contributed by atoms with Crippen molar-refractivity contribution in [2.75, 3.05) is 6.54 Å². The van der Waals surface area contributed by atoms with E-state index in [9.17, 15) is 9.59 Å². The number of carbonyl (C=O) groups excluding carboxylic acids is 2. The van der Waals surface area contributed by atoms with Crippen molar-refractivity contribution in [3.63, 3.8) is 0 Å². The molecule has 1 aromatic carbocycles. The fourth-order valence-corrected chi connectivity index (χ4v) is 2.75. The molecule has 0 aromatic heterocycles. The van der Waals surface area contributed by atoms with E-state index >= 15 is 0 Å². The zero-order valence-electron chi connectivity index (χ0n) is 11.3. The van der Waals surface area contributed by atoms with Crippen molar-refractivity contribution in [2.24, 2.45) is 0 Å². The van der Waals surface area contributed by atoms with Crippen LogP contribution < -0.4 is 5.32 Å². The summed E-state index contributed by atoms with van der Waals surface area (Å²) in [7, 11) is 0. The maximum absolute atomic E-state index is 12.1. The third kappa shape index (κ3) is 3.07. The van der Waals surface area contributed by atoms with E-state index < -0.39 is 12.1 Å². The van der Waals surface area contributed by atoms with Gasteiger partial charge in [-0.25, -0.2) is 0 Å². The van der Waals surface area contributed by atoms with Crippen LogP contribution >= 0.6 is 23.2 Å². The highest BCUT2D eigenvalue weighted by atomic mass is 35.5. The monoisotopic (exact) mass is 314 g/mol. The van der Waals surface area contributed by atoms with Gasteiger partial charge < -0.3 is 10.2 Å². The molecule has 1 heterocycles. The number of carbonyl (C=O) groups is 2. The number of hydrogen-bond acceptors (Lipinski definition) is 2.